The van der Waals surface area contributed by atoms with Crippen LogP contribution < -0.4 is 10.7 Å². The van der Waals surface area contributed by atoms with Crippen molar-refractivity contribution in [3.8, 4) is 5.69 Å². The van der Waals surface area contributed by atoms with E-state index in [-0.39, 0.29) is 11.4 Å². The Balaban J connectivity index is 2.00. The standard InChI is InChI=1S/C18H13ClFN3O2/c1-11-10-16(24)17(18(25)21-15-5-3-2-4-14(15)20)22-23(11)13-8-6-12(19)7-9-13/h2-10H,1H3,(H,21,25). The number of aromatic nitrogens is 2. The molecular formula is C18H13ClFN3O2. The van der Waals surface area contributed by atoms with Crippen molar-refractivity contribution in [2.75, 3.05) is 5.32 Å². The van der Waals surface area contributed by atoms with Crippen LogP contribution in [0, 0.1) is 12.7 Å². The van der Waals surface area contributed by atoms with Gasteiger partial charge in [-0.2, -0.15) is 5.10 Å². The first-order chi connectivity index (χ1) is 12.0. The van der Waals surface area contributed by atoms with Crippen LogP contribution in [-0.2, 0) is 0 Å². The van der Waals surface area contributed by atoms with Crippen LogP contribution in [0.1, 0.15) is 16.2 Å². The third kappa shape index (κ3) is 3.59. The van der Waals surface area contributed by atoms with Crippen molar-refractivity contribution < 1.29 is 9.18 Å². The number of benzene rings is 2. The smallest absolute Gasteiger partial charge is 0.280 e. The molecule has 0 bridgehead atoms. The predicted molar refractivity (Wildman–Crippen MR) is 93.9 cm³/mol. The monoisotopic (exact) mass is 357 g/mol. The van der Waals surface area contributed by atoms with Crippen molar-refractivity contribution >= 4 is 23.2 Å². The van der Waals surface area contributed by atoms with Crippen molar-refractivity contribution in [3.63, 3.8) is 0 Å². The van der Waals surface area contributed by atoms with E-state index in [1.807, 2.05) is 0 Å². The van der Waals surface area contributed by atoms with Gasteiger partial charge < -0.3 is 5.32 Å². The summed E-state index contributed by atoms with van der Waals surface area (Å²) in [6.07, 6.45) is 0. The van der Waals surface area contributed by atoms with Crippen LogP contribution in [0.4, 0.5) is 10.1 Å². The Bertz CT molecular complexity index is 1000. The summed E-state index contributed by atoms with van der Waals surface area (Å²) in [5, 5.41) is 7.04. The lowest BCUT2D eigenvalue weighted by atomic mass is 10.2. The largest absolute Gasteiger partial charge is 0.318 e. The Labute approximate surface area is 147 Å². The summed E-state index contributed by atoms with van der Waals surface area (Å²) in [6.45, 7) is 1.70. The third-order valence-corrected chi connectivity index (χ3v) is 3.77. The third-order valence-electron chi connectivity index (χ3n) is 3.52. The fraction of sp³-hybridized carbons (Fsp3) is 0.0556. The van der Waals surface area contributed by atoms with Gasteiger partial charge in [0.2, 0.25) is 5.43 Å². The molecule has 0 aliphatic heterocycles. The molecule has 0 unspecified atom stereocenters. The van der Waals surface area contributed by atoms with Crippen molar-refractivity contribution in [2.45, 2.75) is 6.92 Å². The molecule has 7 heteroatoms. The van der Waals surface area contributed by atoms with Crippen LogP contribution >= 0.6 is 11.6 Å². The molecule has 0 fully saturated rings. The summed E-state index contributed by atoms with van der Waals surface area (Å²) in [5.74, 6) is -1.38. The van der Waals surface area contributed by atoms with Gasteiger partial charge in [-0.05, 0) is 43.3 Å². The molecule has 0 radical (unpaired) electrons. The highest BCUT2D eigenvalue weighted by Crippen LogP contribution is 2.15. The molecule has 0 aliphatic rings. The molecule has 0 spiro atoms. The van der Waals surface area contributed by atoms with Crippen LogP contribution in [0.3, 0.4) is 0 Å². The lowest BCUT2D eigenvalue weighted by Crippen LogP contribution is -2.27. The number of carbonyl (C=O) groups excluding carboxylic acids is 1. The van der Waals surface area contributed by atoms with E-state index < -0.39 is 17.2 Å². The lowest BCUT2D eigenvalue weighted by molar-refractivity contribution is 0.101. The topological polar surface area (TPSA) is 64.0 Å². The van der Waals surface area contributed by atoms with E-state index in [9.17, 15) is 14.0 Å². The van der Waals surface area contributed by atoms with Gasteiger partial charge in [0, 0.05) is 16.8 Å². The quantitative estimate of drug-likeness (QED) is 0.779. The maximum absolute atomic E-state index is 13.7. The zero-order valence-electron chi connectivity index (χ0n) is 13.2. The number of hydrogen-bond donors (Lipinski definition) is 1. The van der Waals surface area contributed by atoms with Crippen LogP contribution in [-0.4, -0.2) is 15.7 Å². The second kappa shape index (κ2) is 6.86. The van der Waals surface area contributed by atoms with Crippen LogP contribution in [0.15, 0.2) is 59.4 Å². The van der Waals surface area contributed by atoms with Gasteiger partial charge >= 0.3 is 0 Å². The van der Waals surface area contributed by atoms with Gasteiger partial charge in [0.1, 0.15) is 5.82 Å². The highest BCUT2D eigenvalue weighted by atomic mass is 35.5. The highest BCUT2D eigenvalue weighted by Gasteiger charge is 2.16. The van der Waals surface area contributed by atoms with Crippen molar-refractivity contribution in [1.29, 1.82) is 0 Å². The van der Waals surface area contributed by atoms with E-state index in [1.165, 1.54) is 28.9 Å². The van der Waals surface area contributed by atoms with Crippen molar-refractivity contribution in [2.24, 2.45) is 0 Å². The van der Waals surface area contributed by atoms with E-state index in [1.54, 1.807) is 37.3 Å². The Morgan fingerprint density at radius 2 is 1.84 bits per heavy atom. The summed E-state index contributed by atoms with van der Waals surface area (Å²) >= 11 is 5.87. The second-order valence-corrected chi connectivity index (χ2v) is 5.76. The minimum atomic E-state index is -0.780. The van der Waals surface area contributed by atoms with E-state index in [2.05, 4.69) is 10.4 Å². The van der Waals surface area contributed by atoms with Gasteiger partial charge in [0.25, 0.3) is 5.91 Å². The average molecular weight is 358 g/mol. The molecule has 1 amide bonds. The molecule has 25 heavy (non-hydrogen) atoms. The molecule has 2 aromatic carbocycles. The molecule has 0 saturated carbocycles. The number of carbonyl (C=O) groups is 1. The number of anilines is 1. The van der Waals surface area contributed by atoms with Gasteiger partial charge in [0.15, 0.2) is 5.69 Å². The van der Waals surface area contributed by atoms with Crippen molar-refractivity contribution in [1.82, 2.24) is 9.78 Å². The van der Waals surface area contributed by atoms with E-state index in [0.717, 1.165) is 0 Å². The van der Waals surface area contributed by atoms with Gasteiger partial charge in [-0.15, -0.1) is 0 Å². The van der Waals surface area contributed by atoms with Gasteiger partial charge in [-0.25, -0.2) is 9.07 Å². The summed E-state index contributed by atoms with van der Waals surface area (Å²) in [7, 11) is 0. The Hall–Kier alpha value is -2.99. The molecule has 0 aliphatic carbocycles. The van der Waals surface area contributed by atoms with E-state index in [4.69, 9.17) is 11.6 Å². The zero-order valence-corrected chi connectivity index (χ0v) is 13.9. The molecule has 1 heterocycles. The SMILES string of the molecule is Cc1cc(=O)c(C(=O)Nc2ccccc2F)nn1-c1ccc(Cl)cc1. The Kier molecular flexibility index (Phi) is 4.63. The molecule has 1 N–H and O–H groups in total. The predicted octanol–water partition coefficient (Wildman–Crippen LogP) is 3.59. The molecule has 126 valence electrons. The summed E-state index contributed by atoms with van der Waals surface area (Å²) in [6, 6.07) is 13.8. The summed E-state index contributed by atoms with van der Waals surface area (Å²) in [4.78, 5) is 24.5. The zero-order chi connectivity index (χ0) is 18.0. The molecule has 1 aromatic heterocycles. The molecule has 0 saturated heterocycles. The van der Waals surface area contributed by atoms with Crippen molar-refractivity contribution in [3.05, 3.63) is 87.0 Å². The van der Waals surface area contributed by atoms with Gasteiger partial charge in [0.05, 0.1) is 11.4 Å². The van der Waals surface area contributed by atoms with Crippen LogP contribution in [0.5, 0.6) is 0 Å². The van der Waals surface area contributed by atoms with Gasteiger partial charge in [-0.3, -0.25) is 9.59 Å². The van der Waals surface area contributed by atoms with E-state index >= 15 is 0 Å². The van der Waals surface area contributed by atoms with Crippen LogP contribution in [0.25, 0.3) is 5.69 Å². The molecular weight excluding hydrogens is 345 g/mol. The number of nitrogens with zero attached hydrogens (tertiary/aromatic N) is 2. The van der Waals surface area contributed by atoms with E-state index in [0.29, 0.717) is 16.4 Å². The summed E-state index contributed by atoms with van der Waals surface area (Å²) in [5.41, 5.74) is 0.296. The Morgan fingerprint density at radius 3 is 2.52 bits per heavy atom. The van der Waals surface area contributed by atoms with Crippen LogP contribution in [0.2, 0.25) is 5.02 Å². The minimum Gasteiger partial charge on any atom is -0.318 e. The Morgan fingerprint density at radius 1 is 1.16 bits per heavy atom. The number of halogens is 2. The average Bonchev–Trinajstić information content (AvgIpc) is 2.58. The fourth-order valence-corrected chi connectivity index (χ4v) is 2.42. The number of nitrogens with one attached hydrogen (secondary N) is 1. The molecule has 5 nitrogen and oxygen atoms in total. The number of aryl methyl sites for hydroxylation is 1. The first-order valence-electron chi connectivity index (χ1n) is 7.38. The maximum Gasteiger partial charge on any atom is 0.280 e. The summed E-state index contributed by atoms with van der Waals surface area (Å²) < 4.78 is 15.1. The first kappa shape index (κ1) is 16.9. The number of hydrogen-bond acceptors (Lipinski definition) is 3. The lowest BCUT2D eigenvalue weighted by Gasteiger charge is -2.11. The maximum atomic E-state index is 13.7. The number of rotatable bonds is 3. The normalized spacial score (nSPS) is 10.5. The minimum absolute atomic E-state index is 0.0210. The number of amides is 1. The fourth-order valence-electron chi connectivity index (χ4n) is 2.29. The molecule has 3 aromatic rings. The first-order valence-corrected chi connectivity index (χ1v) is 7.76. The highest BCUT2D eigenvalue weighted by molar-refractivity contribution is 6.30. The molecule has 0 atom stereocenters. The second-order valence-electron chi connectivity index (χ2n) is 5.32. The number of para-hydroxylation sites is 1. The van der Waals surface area contributed by atoms with Gasteiger partial charge in [-0.1, -0.05) is 23.7 Å². The molecule has 3 rings (SSSR count).